The van der Waals surface area contributed by atoms with Crippen LogP contribution in [0.4, 0.5) is 0 Å². The standard InChI is InChI=1S/C13H27N3O2/c1-14-13(12-17)3-2-4-16(11-13)6-5-15-7-9-18-10-8-15/h14,17H,2-12H2,1H3. The fourth-order valence-corrected chi connectivity index (χ4v) is 2.94. The Hall–Kier alpha value is -0.200. The third kappa shape index (κ3) is 3.65. The zero-order chi connectivity index (χ0) is 12.8. The highest BCUT2D eigenvalue weighted by Crippen LogP contribution is 2.20. The van der Waals surface area contributed by atoms with Crippen molar-refractivity contribution in [1.82, 2.24) is 15.1 Å². The van der Waals surface area contributed by atoms with Crippen molar-refractivity contribution in [2.75, 3.05) is 66.1 Å². The lowest BCUT2D eigenvalue weighted by Gasteiger charge is -2.42. The molecule has 18 heavy (non-hydrogen) atoms. The molecule has 1 atom stereocenters. The number of hydrogen-bond donors (Lipinski definition) is 2. The van der Waals surface area contributed by atoms with Gasteiger partial charge in [-0.25, -0.2) is 0 Å². The normalized spacial score (nSPS) is 31.7. The zero-order valence-corrected chi connectivity index (χ0v) is 11.5. The van der Waals surface area contributed by atoms with Gasteiger partial charge in [-0.2, -0.15) is 0 Å². The highest BCUT2D eigenvalue weighted by Gasteiger charge is 2.33. The van der Waals surface area contributed by atoms with E-state index >= 15 is 0 Å². The molecule has 0 aromatic carbocycles. The van der Waals surface area contributed by atoms with E-state index in [1.165, 1.54) is 6.42 Å². The van der Waals surface area contributed by atoms with Gasteiger partial charge in [0.1, 0.15) is 0 Å². The van der Waals surface area contributed by atoms with Crippen LogP contribution < -0.4 is 5.32 Å². The van der Waals surface area contributed by atoms with Crippen LogP contribution in [-0.2, 0) is 4.74 Å². The van der Waals surface area contributed by atoms with Crippen LogP contribution in [0.5, 0.6) is 0 Å². The van der Waals surface area contributed by atoms with Crippen LogP contribution >= 0.6 is 0 Å². The van der Waals surface area contributed by atoms with E-state index in [9.17, 15) is 5.11 Å². The van der Waals surface area contributed by atoms with Gasteiger partial charge < -0.3 is 20.1 Å². The highest BCUT2D eigenvalue weighted by molar-refractivity contribution is 4.93. The molecule has 0 aliphatic carbocycles. The molecule has 0 saturated carbocycles. The molecule has 5 nitrogen and oxygen atoms in total. The maximum Gasteiger partial charge on any atom is 0.0625 e. The minimum atomic E-state index is -0.0801. The lowest BCUT2D eigenvalue weighted by molar-refractivity contribution is 0.0246. The largest absolute Gasteiger partial charge is 0.394 e. The summed E-state index contributed by atoms with van der Waals surface area (Å²) in [6, 6.07) is 0. The SMILES string of the molecule is CNC1(CO)CCCN(CCN2CCOCC2)C1. The van der Waals surface area contributed by atoms with Crippen molar-refractivity contribution in [3.63, 3.8) is 0 Å². The lowest BCUT2D eigenvalue weighted by atomic mass is 9.90. The minimum absolute atomic E-state index is 0.0801. The van der Waals surface area contributed by atoms with Gasteiger partial charge in [0.05, 0.1) is 25.4 Å². The third-order valence-corrected chi connectivity index (χ3v) is 4.33. The van der Waals surface area contributed by atoms with Gasteiger partial charge >= 0.3 is 0 Å². The van der Waals surface area contributed by atoms with Gasteiger partial charge in [0.2, 0.25) is 0 Å². The molecule has 2 saturated heterocycles. The smallest absolute Gasteiger partial charge is 0.0625 e. The van der Waals surface area contributed by atoms with Crippen LogP contribution in [0.25, 0.3) is 0 Å². The summed E-state index contributed by atoms with van der Waals surface area (Å²) in [5.41, 5.74) is -0.0801. The van der Waals surface area contributed by atoms with Crippen LogP contribution in [0.2, 0.25) is 0 Å². The summed E-state index contributed by atoms with van der Waals surface area (Å²) in [6.07, 6.45) is 2.25. The first-order valence-electron chi connectivity index (χ1n) is 7.10. The third-order valence-electron chi connectivity index (χ3n) is 4.33. The highest BCUT2D eigenvalue weighted by atomic mass is 16.5. The van der Waals surface area contributed by atoms with E-state index in [0.29, 0.717) is 0 Å². The van der Waals surface area contributed by atoms with Crippen molar-refractivity contribution in [3.05, 3.63) is 0 Å². The number of morpholine rings is 1. The molecule has 2 aliphatic rings. The maximum absolute atomic E-state index is 9.56. The van der Waals surface area contributed by atoms with Crippen LogP contribution in [-0.4, -0.2) is 86.6 Å². The van der Waals surface area contributed by atoms with Gasteiger partial charge in [0.15, 0.2) is 0 Å². The quantitative estimate of drug-likeness (QED) is 0.686. The second-order valence-electron chi connectivity index (χ2n) is 5.52. The number of aliphatic hydroxyl groups is 1. The maximum atomic E-state index is 9.56. The Kier molecular flexibility index (Phi) is 5.38. The Morgan fingerprint density at radius 2 is 1.89 bits per heavy atom. The number of ether oxygens (including phenoxy) is 1. The summed E-state index contributed by atoms with van der Waals surface area (Å²) in [6.45, 7) is 8.44. The molecule has 106 valence electrons. The number of rotatable bonds is 5. The van der Waals surface area contributed by atoms with Gasteiger partial charge in [-0.3, -0.25) is 4.90 Å². The molecule has 0 radical (unpaired) electrons. The number of likely N-dealkylation sites (tertiary alicyclic amines) is 1. The zero-order valence-electron chi connectivity index (χ0n) is 11.5. The van der Waals surface area contributed by atoms with E-state index in [2.05, 4.69) is 15.1 Å². The van der Waals surface area contributed by atoms with E-state index in [4.69, 9.17) is 4.74 Å². The molecule has 2 aliphatic heterocycles. The summed E-state index contributed by atoms with van der Waals surface area (Å²) >= 11 is 0. The van der Waals surface area contributed by atoms with Crippen molar-refractivity contribution in [1.29, 1.82) is 0 Å². The fourth-order valence-electron chi connectivity index (χ4n) is 2.94. The van der Waals surface area contributed by atoms with Gasteiger partial charge in [0, 0.05) is 32.7 Å². The van der Waals surface area contributed by atoms with Crippen molar-refractivity contribution in [3.8, 4) is 0 Å². The predicted molar refractivity (Wildman–Crippen MR) is 71.8 cm³/mol. The molecular formula is C13H27N3O2. The molecular weight excluding hydrogens is 230 g/mol. The summed E-state index contributed by atoms with van der Waals surface area (Å²) in [7, 11) is 1.96. The van der Waals surface area contributed by atoms with Crippen molar-refractivity contribution in [2.45, 2.75) is 18.4 Å². The van der Waals surface area contributed by atoms with Crippen molar-refractivity contribution < 1.29 is 9.84 Å². The molecule has 2 rings (SSSR count). The van der Waals surface area contributed by atoms with Gasteiger partial charge in [-0.05, 0) is 26.4 Å². The molecule has 2 N–H and O–H groups in total. The topological polar surface area (TPSA) is 48.0 Å². The van der Waals surface area contributed by atoms with E-state index in [1.807, 2.05) is 7.05 Å². The summed E-state index contributed by atoms with van der Waals surface area (Å²) in [4.78, 5) is 4.95. The monoisotopic (exact) mass is 257 g/mol. The Morgan fingerprint density at radius 1 is 1.17 bits per heavy atom. The number of nitrogens with one attached hydrogen (secondary N) is 1. The molecule has 0 bridgehead atoms. The van der Waals surface area contributed by atoms with E-state index in [-0.39, 0.29) is 12.1 Å². The minimum Gasteiger partial charge on any atom is -0.394 e. The molecule has 0 spiro atoms. The fraction of sp³-hybridized carbons (Fsp3) is 1.00. The van der Waals surface area contributed by atoms with Gasteiger partial charge in [-0.1, -0.05) is 0 Å². The Labute approximate surface area is 110 Å². The Balaban J connectivity index is 1.75. The van der Waals surface area contributed by atoms with Crippen LogP contribution in [0.15, 0.2) is 0 Å². The average molecular weight is 257 g/mol. The lowest BCUT2D eigenvalue weighted by Crippen LogP contribution is -2.59. The number of hydrogen-bond acceptors (Lipinski definition) is 5. The Morgan fingerprint density at radius 3 is 2.56 bits per heavy atom. The van der Waals surface area contributed by atoms with Gasteiger partial charge in [0.25, 0.3) is 0 Å². The van der Waals surface area contributed by atoms with Crippen LogP contribution in [0.1, 0.15) is 12.8 Å². The average Bonchev–Trinajstić information content (AvgIpc) is 2.46. The van der Waals surface area contributed by atoms with Crippen LogP contribution in [0.3, 0.4) is 0 Å². The molecule has 5 heteroatoms. The number of aliphatic hydroxyl groups excluding tert-OH is 1. The number of likely N-dealkylation sites (N-methyl/N-ethyl adjacent to an activating group) is 1. The number of nitrogens with zero attached hydrogens (tertiary/aromatic N) is 2. The van der Waals surface area contributed by atoms with Crippen LogP contribution in [0, 0.1) is 0 Å². The molecule has 0 aromatic heterocycles. The first-order chi connectivity index (χ1) is 8.78. The van der Waals surface area contributed by atoms with E-state index in [0.717, 1.165) is 58.9 Å². The Bertz CT molecular complexity index is 240. The molecule has 2 heterocycles. The van der Waals surface area contributed by atoms with Crippen molar-refractivity contribution >= 4 is 0 Å². The summed E-state index contributed by atoms with van der Waals surface area (Å²) in [5.74, 6) is 0. The molecule has 2 fully saturated rings. The second kappa shape index (κ2) is 6.82. The summed E-state index contributed by atoms with van der Waals surface area (Å²) in [5, 5.41) is 12.9. The van der Waals surface area contributed by atoms with Crippen molar-refractivity contribution in [2.24, 2.45) is 0 Å². The molecule has 0 amide bonds. The van der Waals surface area contributed by atoms with E-state index < -0.39 is 0 Å². The predicted octanol–water partition coefficient (Wildman–Crippen LogP) is -0.635. The molecule has 0 aromatic rings. The van der Waals surface area contributed by atoms with E-state index in [1.54, 1.807) is 0 Å². The van der Waals surface area contributed by atoms with Gasteiger partial charge in [-0.15, -0.1) is 0 Å². The second-order valence-corrected chi connectivity index (χ2v) is 5.52. The first-order valence-corrected chi connectivity index (χ1v) is 7.10. The first kappa shape index (κ1) is 14.2. The molecule has 1 unspecified atom stereocenters. The summed E-state index contributed by atoms with van der Waals surface area (Å²) < 4.78 is 5.36. The number of piperidine rings is 1.